The first-order valence-electron chi connectivity index (χ1n) is 5.64. The zero-order chi connectivity index (χ0) is 13.0. The fourth-order valence-corrected chi connectivity index (χ4v) is 1.86. The molecule has 1 aliphatic rings. The van der Waals surface area contributed by atoms with Crippen molar-refractivity contribution < 1.29 is 14.4 Å². The van der Waals surface area contributed by atoms with E-state index in [4.69, 9.17) is 14.7 Å². The fourth-order valence-electron chi connectivity index (χ4n) is 1.86. The molecular formula is C12H12N2O4. The molecule has 2 rings (SSSR count). The van der Waals surface area contributed by atoms with Gasteiger partial charge in [-0.2, -0.15) is 5.26 Å². The highest BCUT2D eigenvalue weighted by Gasteiger charge is 2.22. The molecule has 94 valence electrons. The van der Waals surface area contributed by atoms with Crippen LogP contribution in [0.2, 0.25) is 0 Å². The Morgan fingerprint density at radius 1 is 1.44 bits per heavy atom. The van der Waals surface area contributed by atoms with Gasteiger partial charge in [-0.05, 0) is 6.07 Å². The predicted molar refractivity (Wildman–Crippen MR) is 62.3 cm³/mol. The molecule has 1 fully saturated rings. The number of nitriles is 1. The van der Waals surface area contributed by atoms with Crippen LogP contribution < -0.4 is 4.74 Å². The maximum Gasteiger partial charge on any atom is 0.290 e. The van der Waals surface area contributed by atoms with E-state index in [1.807, 2.05) is 6.07 Å². The van der Waals surface area contributed by atoms with E-state index in [1.165, 1.54) is 12.1 Å². The maximum absolute atomic E-state index is 10.8. The normalized spacial score (nSPS) is 15.9. The molecule has 0 spiro atoms. The topological polar surface area (TPSA) is 85.4 Å². The third-order valence-corrected chi connectivity index (χ3v) is 2.77. The summed E-state index contributed by atoms with van der Waals surface area (Å²) in [6.45, 7) is 1.23. The molecule has 0 atom stereocenters. The van der Waals surface area contributed by atoms with E-state index in [2.05, 4.69) is 0 Å². The standard InChI is InChI=1S/C12H12N2O4/c13-8-10-11(14(15)16)2-1-3-12(10)18-9-4-6-17-7-5-9/h1-3,9H,4-7H2. The molecule has 0 unspecified atom stereocenters. The minimum absolute atomic E-state index is 0.0195. The van der Waals surface area contributed by atoms with Gasteiger partial charge in [0.15, 0.2) is 5.56 Å². The van der Waals surface area contributed by atoms with Crippen molar-refractivity contribution in [2.45, 2.75) is 18.9 Å². The quantitative estimate of drug-likeness (QED) is 0.603. The molecule has 1 heterocycles. The average molecular weight is 248 g/mol. The molecule has 0 radical (unpaired) electrons. The van der Waals surface area contributed by atoms with Crippen LogP contribution in [0.15, 0.2) is 18.2 Å². The lowest BCUT2D eigenvalue weighted by atomic mass is 10.1. The van der Waals surface area contributed by atoms with E-state index in [1.54, 1.807) is 6.07 Å². The monoisotopic (exact) mass is 248 g/mol. The zero-order valence-electron chi connectivity index (χ0n) is 9.67. The second-order valence-electron chi connectivity index (χ2n) is 3.95. The van der Waals surface area contributed by atoms with Gasteiger partial charge in [0.1, 0.15) is 17.9 Å². The van der Waals surface area contributed by atoms with Crippen LogP contribution in [0.1, 0.15) is 18.4 Å². The van der Waals surface area contributed by atoms with Gasteiger partial charge in [0, 0.05) is 18.9 Å². The van der Waals surface area contributed by atoms with Crippen LogP contribution in [0, 0.1) is 21.4 Å². The van der Waals surface area contributed by atoms with Gasteiger partial charge in [0.05, 0.1) is 18.1 Å². The van der Waals surface area contributed by atoms with Crippen molar-refractivity contribution in [3.8, 4) is 11.8 Å². The molecular weight excluding hydrogens is 236 g/mol. The highest BCUT2D eigenvalue weighted by Crippen LogP contribution is 2.29. The molecule has 0 N–H and O–H groups in total. The number of nitro benzene ring substituents is 1. The van der Waals surface area contributed by atoms with Crippen LogP contribution in [0.4, 0.5) is 5.69 Å². The summed E-state index contributed by atoms with van der Waals surface area (Å²) in [5.74, 6) is 0.276. The summed E-state index contributed by atoms with van der Waals surface area (Å²) < 4.78 is 10.9. The molecule has 0 saturated carbocycles. The first-order valence-corrected chi connectivity index (χ1v) is 5.64. The summed E-state index contributed by atoms with van der Waals surface area (Å²) in [5, 5.41) is 19.8. The van der Waals surface area contributed by atoms with E-state index in [9.17, 15) is 10.1 Å². The summed E-state index contributed by atoms with van der Waals surface area (Å²) >= 11 is 0. The fraction of sp³-hybridized carbons (Fsp3) is 0.417. The Bertz CT molecular complexity index is 489. The lowest BCUT2D eigenvalue weighted by molar-refractivity contribution is -0.385. The summed E-state index contributed by atoms with van der Waals surface area (Å²) in [7, 11) is 0. The molecule has 1 aliphatic heterocycles. The predicted octanol–water partition coefficient (Wildman–Crippen LogP) is 2.02. The van der Waals surface area contributed by atoms with Crippen molar-refractivity contribution in [1.29, 1.82) is 5.26 Å². The van der Waals surface area contributed by atoms with Gasteiger partial charge in [-0.15, -0.1) is 0 Å². The van der Waals surface area contributed by atoms with E-state index < -0.39 is 4.92 Å². The molecule has 6 heteroatoms. The van der Waals surface area contributed by atoms with Crippen LogP contribution >= 0.6 is 0 Å². The number of nitrogens with zero attached hydrogens (tertiary/aromatic N) is 2. The number of benzene rings is 1. The Labute approximate surface area is 104 Å². The number of hydrogen-bond acceptors (Lipinski definition) is 5. The van der Waals surface area contributed by atoms with Gasteiger partial charge < -0.3 is 9.47 Å². The first kappa shape index (κ1) is 12.3. The van der Waals surface area contributed by atoms with Gasteiger partial charge in [-0.3, -0.25) is 10.1 Å². The lowest BCUT2D eigenvalue weighted by Crippen LogP contribution is -2.26. The van der Waals surface area contributed by atoms with Crippen molar-refractivity contribution in [1.82, 2.24) is 0 Å². The van der Waals surface area contributed by atoms with Crippen LogP contribution in [0.3, 0.4) is 0 Å². The second-order valence-corrected chi connectivity index (χ2v) is 3.95. The first-order chi connectivity index (χ1) is 8.72. The summed E-state index contributed by atoms with van der Waals surface area (Å²) in [6, 6.07) is 6.24. The number of hydrogen-bond donors (Lipinski definition) is 0. The molecule has 18 heavy (non-hydrogen) atoms. The number of ether oxygens (including phenoxy) is 2. The molecule has 1 aromatic carbocycles. The lowest BCUT2D eigenvalue weighted by Gasteiger charge is -2.23. The summed E-state index contributed by atoms with van der Waals surface area (Å²) in [5.41, 5.74) is -0.240. The van der Waals surface area contributed by atoms with E-state index >= 15 is 0 Å². The average Bonchev–Trinajstić information content (AvgIpc) is 2.39. The Morgan fingerprint density at radius 2 is 2.17 bits per heavy atom. The Hall–Kier alpha value is -2.13. The van der Waals surface area contributed by atoms with E-state index in [0.717, 1.165) is 12.8 Å². The van der Waals surface area contributed by atoms with Gasteiger partial charge in [-0.1, -0.05) is 6.07 Å². The van der Waals surface area contributed by atoms with Crippen molar-refractivity contribution in [2.24, 2.45) is 0 Å². The summed E-state index contributed by atoms with van der Waals surface area (Å²) in [6.07, 6.45) is 1.41. The maximum atomic E-state index is 10.8. The number of nitro groups is 1. The Kier molecular flexibility index (Phi) is 3.75. The third-order valence-electron chi connectivity index (χ3n) is 2.77. The molecule has 0 amide bonds. The van der Waals surface area contributed by atoms with Crippen molar-refractivity contribution in [2.75, 3.05) is 13.2 Å². The highest BCUT2D eigenvalue weighted by atomic mass is 16.6. The van der Waals surface area contributed by atoms with Crippen LogP contribution in [0.25, 0.3) is 0 Å². The smallest absolute Gasteiger partial charge is 0.290 e. The van der Waals surface area contributed by atoms with Crippen molar-refractivity contribution >= 4 is 5.69 Å². The van der Waals surface area contributed by atoms with Gasteiger partial charge >= 0.3 is 0 Å². The largest absolute Gasteiger partial charge is 0.489 e. The summed E-state index contributed by atoms with van der Waals surface area (Å²) in [4.78, 5) is 10.2. The van der Waals surface area contributed by atoms with Crippen LogP contribution in [-0.2, 0) is 4.74 Å². The van der Waals surface area contributed by atoms with Crippen LogP contribution in [0.5, 0.6) is 5.75 Å². The number of rotatable bonds is 3. The highest BCUT2D eigenvalue weighted by molar-refractivity contribution is 5.56. The van der Waals surface area contributed by atoms with Gasteiger partial charge in [0.25, 0.3) is 5.69 Å². The molecule has 0 aliphatic carbocycles. The van der Waals surface area contributed by atoms with E-state index in [-0.39, 0.29) is 23.1 Å². The van der Waals surface area contributed by atoms with Crippen molar-refractivity contribution in [3.05, 3.63) is 33.9 Å². The minimum atomic E-state index is -0.574. The SMILES string of the molecule is N#Cc1c(OC2CCOCC2)cccc1[N+](=O)[O-]. The van der Waals surface area contributed by atoms with Gasteiger partial charge in [-0.25, -0.2) is 0 Å². The van der Waals surface area contributed by atoms with E-state index in [0.29, 0.717) is 13.2 Å². The zero-order valence-corrected chi connectivity index (χ0v) is 9.67. The van der Waals surface area contributed by atoms with Crippen LogP contribution in [-0.4, -0.2) is 24.2 Å². The molecule has 0 aromatic heterocycles. The Balaban J connectivity index is 2.24. The molecule has 1 aromatic rings. The molecule has 0 bridgehead atoms. The van der Waals surface area contributed by atoms with Crippen molar-refractivity contribution in [3.63, 3.8) is 0 Å². The Morgan fingerprint density at radius 3 is 2.78 bits per heavy atom. The minimum Gasteiger partial charge on any atom is -0.489 e. The molecule has 1 saturated heterocycles. The molecule has 6 nitrogen and oxygen atoms in total. The van der Waals surface area contributed by atoms with Gasteiger partial charge in [0.2, 0.25) is 0 Å². The third kappa shape index (κ3) is 2.57. The second kappa shape index (κ2) is 5.47.